The van der Waals surface area contributed by atoms with E-state index < -0.39 is 0 Å². The number of nitrogens with zero attached hydrogens (tertiary/aromatic N) is 4. The Kier molecular flexibility index (Phi) is 4.44. The van der Waals surface area contributed by atoms with Crippen LogP contribution in [0.3, 0.4) is 0 Å². The van der Waals surface area contributed by atoms with Crippen LogP contribution in [-0.4, -0.2) is 20.3 Å². The van der Waals surface area contributed by atoms with Gasteiger partial charge < -0.3 is 4.57 Å². The number of halogens is 1. The maximum atomic E-state index is 13.5. The molecule has 0 N–H and O–H groups in total. The number of amides is 1. The molecular weight excluding hydrogens is 327 g/mol. The molecule has 0 fully saturated rings. The fraction of sp³-hybridized carbons (Fsp3) is 0.235. The lowest BCUT2D eigenvalue weighted by Crippen LogP contribution is -2.17. The van der Waals surface area contributed by atoms with Crippen LogP contribution in [0, 0.1) is 12.7 Å². The van der Waals surface area contributed by atoms with Gasteiger partial charge in [0.2, 0.25) is 0 Å². The van der Waals surface area contributed by atoms with Gasteiger partial charge in [-0.05, 0) is 38.1 Å². The van der Waals surface area contributed by atoms with Crippen molar-refractivity contribution >= 4 is 27.5 Å². The molecule has 0 aliphatic carbocycles. The molecule has 5 nitrogen and oxygen atoms in total. The highest BCUT2D eigenvalue weighted by atomic mass is 32.1. The highest BCUT2D eigenvalue weighted by Gasteiger charge is 2.14. The van der Waals surface area contributed by atoms with Gasteiger partial charge in [0.25, 0.3) is 5.91 Å². The summed E-state index contributed by atoms with van der Waals surface area (Å²) in [7, 11) is 0. The van der Waals surface area contributed by atoms with Gasteiger partial charge in [-0.15, -0.1) is 6.58 Å². The summed E-state index contributed by atoms with van der Waals surface area (Å²) in [5.41, 5.74) is 2.05. The fourth-order valence-corrected chi connectivity index (χ4v) is 3.60. The molecule has 0 saturated heterocycles. The summed E-state index contributed by atoms with van der Waals surface area (Å²) in [4.78, 5) is 17.3. The monoisotopic (exact) mass is 344 g/mol. The molecule has 0 unspecified atom stereocenters. The molecule has 2 heterocycles. The number of fused-ring (bicyclic) bond motifs is 1. The van der Waals surface area contributed by atoms with Crippen molar-refractivity contribution in [3.8, 4) is 0 Å². The first-order valence-electron chi connectivity index (χ1n) is 7.56. The number of carbonyl (C=O) groups excluding carboxylic acids is 1. The first-order chi connectivity index (χ1) is 11.5. The molecule has 124 valence electrons. The summed E-state index contributed by atoms with van der Waals surface area (Å²) in [6.07, 6.45) is 1.72. The third kappa shape index (κ3) is 2.94. The van der Waals surface area contributed by atoms with Crippen molar-refractivity contribution in [3.05, 3.63) is 58.9 Å². The molecule has 0 aliphatic rings. The van der Waals surface area contributed by atoms with Gasteiger partial charge >= 0.3 is 0 Å². The first-order valence-corrected chi connectivity index (χ1v) is 8.38. The van der Waals surface area contributed by atoms with Gasteiger partial charge in [0.1, 0.15) is 11.5 Å². The van der Waals surface area contributed by atoms with E-state index in [9.17, 15) is 9.18 Å². The van der Waals surface area contributed by atoms with E-state index in [1.54, 1.807) is 22.9 Å². The van der Waals surface area contributed by atoms with E-state index in [1.807, 2.05) is 18.4 Å². The third-order valence-corrected chi connectivity index (χ3v) is 4.62. The molecule has 3 rings (SSSR count). The minimum Gasteiger partial charge on any atom is -0.312 e. The smallest absolute Gasteiger partial charge is 0.297 e. The highest BCUT2D eigenvalue weighted by Crippen LogP contribution is 2.19. The standard InChI is InChI=1S/C17H17FN4OS/c1-4-8-21-13-7-6-12(18)10-15(13)24-17(21)19-16(23)14-9-11(3)20-22(14)5-2/h4,6-7,9-10H,1,5,8H2,2-3H3. The Labute approximate surface area is 142 Å². The number of benzene rings is 1. The Morgan fingerprint density at radius 1 is 1.46 bits per heavy atom. The molecule has 1 aromatic carbocycles. The summed E-state index contributed by atoms with van der Waals surface area (Å²) in [6, 6.07) is 6.26. The van der Waals surface area contributed by atoms with Crippen molar-refractivity contribution in [2.45, 2.75) is 26.9 Å². The minimum atomic E-state index is -0.359. The quantitative estimate of drug-likeness (QED) is 0.682. The number of thiazole rings is 1. The fourth-order valence-electron chi connectivity index (χ4n) is 2.54. The molecule has 0 spiro atoms. The van der Waals surface area contributed by atoms with Crippen molar-refractivity contribution in [2.75, 3.05) is 0 Å². The van der Waals surface area contributed by atoms with E-state index in [1.165, 1.54) is 23.5 Å². The van der Waals surface area contributed by atoms with E-state index in [2.05, 4.69) is 16.7 Å². The van der Waals surface area contributed by atoms with Gasteiger partial charge in [-0.1, -0.05) is 17.4 Å². The van der Waals surface area contributed by atoms with Crippen LogP contribution in [0.1, 0.15) is 23.1 Å². The van der Waals surface area contributed by atoms with Gasteiger partial charge in [0.05, 0.1) is 15.9 Å². The van der Waals surface area contributed by atoms with E-state index in [0.29, 0.717) is 23.6 Å². The average molecular weight is 344 g/mol. The molecule has 3 aromatic rings. The lowest BCUT2D eigenvalue weighted by molar-refractivity contribution is 0.0987. The van der Waals surface area contributed by atoms with Gasteiger partial charge in [-0.3, -0.25) is 9.48 Å². The van der Waals surface area contributed by atoms with Crippen molar-refractivity contribution in [1.82, 2.24) is 14.3 Å². The van der Waals surface area contributed by atoms with Crippen LogP contribution < -0.4 is 4.80 Å². The molecule has 7 heteroatoms. The van der Waals surface area contributed by atoms with Crippen LogP contribution in [0.2, 0.25) is 0 Å². The second-order valence-corrected chi connectivity index (χ2v) is 6.31. The highest BCUT2D eigenvalue weighted by molar-refractivity contribution is 7.16. The predicted octanol–water partition coefficient (Wildman–Crippen LogP) is 3.29. The molecular formula is C17H17FN4OS. The lowest BCUT2D eigenvalue weighted by Gasteiger charge is -2.01. The lowest BCUT2D eigenvalue weighted by atomic mass is 10.3. The molecule has 0 radical (unpaired) electrons. The number of aromatic nitrogens is 3. The van der Waals surface area contributed by atoms with Gasteiger partial charge in [-0.25, -0.2) is 4.39 Å². The number of rotatable bonds is 4. The Morgan fingerprint density at radius 3 is 2.96 bits per heavy atom. The third-order valence-electron chi connectivity index (χ3n) is 3.57. The van der Waals surface area contributed by atoms with E-state index in [0.717, 1.165) is 15.9 Å². The number of carbonyl (C=O) groups is 1. The van der Waals surface area contributed by atoms with Gasteiger partial charge in [-0.2, -0.15) is 10.1 Å². The molecule has 1 amide bonds. The molecule has 0 saturated carbocycles. The van der Waals surface area contributed by atoms with Crippen LogP contribution in [0.15, 0.2) is 41.9 Å². The number of hydrogen-bond donors (Lipinski definition) is 0. The number of allylic oxidation sites excluding steroid dienone is 1. The van der Waals surface area contributed by atoms with Crippen LogP contribution in [0.5, 0.6) is 0 Å². The zero-order chi connectivity index (χ0) is 17.3. The summed E-state index contributed by atoms with van der Waals surface area (Å²) in [5.74, 6) is -0.672. The normalized spacial score (nSPS) is 12.0. The van der Waals surface area contributed by atoms with Crippen LogP contribution in [0.4, 0.5) is 4.39 Å². The van der Waals surface area contributed by atoms with Crippen LogP contribution in [0.25, 0.3) is 10.2 Å². The second kappa shape index (κ2) is 6.52. The Morgan fingerprint density at radius 2 is 2.25 bits per heavy atom. The number of hydrogen-bond acceptors (Lipinski definition) is 3. The largest absolute Gasteiger partial charge is 0.312 e. The second-order valence-electron chi connectivity index (χ2n) is 5.30. The van der Waals surface area contributed by atoms with Crippen molar-refractivity contribution in [1.29, 1.82) is 0 Å². The van der Waals surface area contributed by atoms with Crippen LogP contribution >= 0.6 is 11.3 Å². The Balaban J connectivity index is 2.16. The summed E-state index contributed by atoms with van der Waals surface area (Å²) in [5, 5.41) is 4.27. The number of aryl methyl sites for hydroxylation is 2. The maximum absolute atomic E-state index is 13.5. The molecule has 0 atom stereocenters. The summed E-state index contributed by atoms with van der Waals surface area (Å²) < 4.78 is 17.7. The molecule has 0 bridgehead atoms. The molecule has 24 heavy (non-hydrogen) atoms. The van der Waals surface area contributed by atoms with Crippen molar-refractivity contribution < 1.29 is 9.18 Å². The van der Waals surface area contributed by atoms with Crippen molar-refractivity contribution in [2.24, 2.45) is 4.99 Å². The van der Waals surface area contributed by atoms with Gasteiger partial charge in [0, 0.05) is 13.1 Å². The Bertz CT molecular complexity index is 996. The van der Waals surface area contributed by atoms with E-state index in [4.69, 9.17) is 0 Å². The van der Waals surface area contributed by atoms with Crippen molar-refractivity contribution in [3.63, 3.8) is 0 Å². The van der Waals surface area contributed by atoms with Crippen LogP contribution in [-0.2, 0) is 13.1 Å². The summed E-state index contributed by atoms with van der Waals surface area (Å²) in [6.45, 7) is 8.58. The van der Waals surface area contributed by atoms with E-state index in [-0.39, 0.29) is 11.7 Å². The first kappa shape index (κ1) is 16.3. The SMILES string of the molecule is C=CCn1c(=NC(=O)c2cc(C)nn2CC)sc2cc(F)ccc21. The van der Waals surface area contributed by atoms with Gasteiger partial charge in [0.15, 0.2) is 4.80 Å². The minimum absolute atomic E-state index is 0.313. The topological polar surface area (TPSA) is 52.2 Å². The zero-order valence-corrected chi connectivity index (χ0v) is 14.3. The predicted molar refractivity (Wildman–Crippen MR) is 92.5 cm³/mol. The zero-order valence-electron chi connectivity index (χ0n) is 13.5. The average Bonchev–Trinajstić information content (AvgIpc) is 3.08. The van der Waals surface area contributed by atoms with E-state index >= 15 is 0 Å². The molecule has 2 aromatic heterocycles. The Hall–Kier alpha value is -2.54. The molecule has 0 aliphatic heterocycles. The summed E-state index contributed by atoms with van der Waals surface area (Å²) >= 11 is 1.28. The maximum Gasteiger partial charge on any atom is 0.297 e.